The van der Waals surface area contributed by atoms with E-state index >= 15 is 0 Å². The predicted octanol–water partition coefficient (Wildman–Crippen LogP) is 2.03. The standard InChI is InChI=1S/C12H20N4OS/c1-3-4-8-5-6-16(7-8)11(17)9-10(13)15-12(14-2)18-9/h8H,3-7,13H2,1-2H3,(H,14,15). The molecule has 3 N–H and O–H groups in total. The Kier molecular flexibility index (Phi) is 4.06. The molecule has 1 amide bonds. The molecule has 100 valence electrons. The fourth-order valence-corrected chi connectivity index (χ4v) is 3.20. The van der Waals surface area contributed by atoms with E-state index < -0.39 is 0 Å². The second-order valence-corrected chi connectivity index (χ2v) is 5.68. The van der Waals surface area contributed by atoms with E-state index in [1.54, 1.807) is 7.05 Å². The molecule has 2 heterocycles. The Morgan fingerprint density at radius 1 is 1.67 bits per heavy atom. The predicted molar refractivity (Wildman–Crippen MR) is 75.0 cm³/mol. The number of hydrogen-bond donors (Lipinski definition) is 2. The Morgan fingerprint density at radius 3 is 3.06 bits per heavy atom. The molecule has 0 spiro atoms. The molecule has 0 bridgehead atoms. The lowest BCUT2D eigenvalue weighted by Crippen LogP contribution is -2.28. The molecule has 1 saturated heterocycles. The van der Waals surface area contributed by atoms with Crippen molar-refractivity contribution in [3.05, 3.63) is 4.88 Å². The Morgan fingerprint density at radius 2 is 2.44 bits per heavy atom. The van der Waals surface area contributed by atoms with Crippen LogP contribution in [0.2, 0.25) is 0 Å². The van der Waals surface area contributed by atoms with Gasteiger partial charge >= 0.3 is 0 Å². The van der Waals surface area contributed by atoms with Crippen molar-refractivity contribution >= 4 is 28.2 Å². The summed E-state index contributed by atoms with van der Waals surface area (Å²) < 4.78 is 0. The van der Waals surface area contributed by atoms with Crippen LogP contribution in [0, 0.1) is 5.92 Å². The summed E-state index contributed by atoms with van der Waals surface area (Å²) in [5.41, 5.74) is 5.79. The normalized spacial score (nSPS) is 19.2. The third kappa shape index (κ3) is 2.58. The smallest absolute Gasteiger partial charge is 0.267 e. The monoisotopic (exact) mass is 268 g/mol. The van der Waals surface area contributed by atoms with Crippen molar-refractivity contribution in [1.82, 2.24) is 9.88 Å². The highest BCUT2D eigenvalue weighted by Crippen LogP contribution is 2.29. The SMILES string of the molecule is CCCC1CCN(C(=O)c2sc(NC)nc2N)C1. The van der Waals surface area contributed by atoms with E-state index in [2.05, 4.69) is 17.2 Å². The maximum Gasteiger partial charge on any atom is 0.267 e. The summed E-state index contributed by atoms with van der Waals surface area (Å²) in [6, 6.07) is 0. The minimum atomic E-state index is 0.0325. The number of nitrogens with one attached hydrogen (secondary N) is 1. The molecular formula is C12H20N4OS. The molecule has 1 fully saturated rings. The average Bonchev–Trinajstić information content (AvgIpc) is 2.95. The fourth-order valence-electron chi connectivity index (χ4n) is 2.40. The molecule has 1 aromatic heterocycles. The van der Waals surface area contributed by atoms with Gasteiger partial charge in [-0.05, 0) is 18.8 Å². The number of carbonyl (C=O) groups excluding carboxylic acids is 1. The van der Waals surface area contributed by atoms with Gasteiger partial charge < -0.3 is 16.0 Å². The highest BCUT2D eigenvalue weighted by molar-refractivity contribution is 7.18. The van der Waals surface area contributed by atoms with Crippen molar-refractivity contribution in [2.45, 2.75) is 26.2 Å². The first-order valence-corrected chi connectivity index (χ1v) is 7.20. The Balaban J connectivity index is 2.05. The topological polar surface area (TPSA) is 71.2 Å². The lowest BCUT2D eigenvalue weighted by molar-refractivity contribution is 0.0792. The van der Waals surface area contributed by atoms with Crippen molar-refractivity contribution in [3.8, 4) is 0 Å². The van der Waals surface area contributed by atoms with E-state index in [1.807, 2.05) is 4.90 Å². The van der Waals surface area contributed by atoms with Gasteiger partial charge in [-0.15, -0.1) is 0 Å². The molecule has 1 unspecified atom stereocenters. The summed E-state index contributed by atoms with van der Waals surface area (Å²) in [5, 5.41) is 3.61. The van der Waals surface area contributed by atoms with Gasteiger partial charge in [-0.3, -0.25) is 4.79 Å². The lowest BCUT2D eigenvalue weighted by atomic mass is 10.0. The summed E-state index contributed by atoms with van der Waals surface area (Å²) >= 11 is 1.33. The van der Waals surface area contributed by atoms with Crippen LogP contribution in [0.15, 0.2) is 0 Å². The van der Waals surface area contributed by atoms with Crippen LogP contribution < -0.4 is 11.1 Å². The molecule has 1 aromatic rings. The Hall–Kier alpha value is -1.30. The first-order chi connectivity index (χ1) is 8.65. The van der Waals surface area contributed by atoms with E-state index in [0.717, 1.165) is 19.5 Å². The van der Waals surface area contributed by atoms with Gasteiger partial charge in [-0.2, -0.15) is 0 Å². The van der Waals surface area contributed by atoms with Gasteiger partial charge in [0.2, 0.25) is 0 Å². The number of nitrogen functional groups attached to an aromatic ring is 1. The Labute approximate surface area is 111 Å². The molecule has 1 aliphatic heterocycles. The van der Waals surface area contributed by atoms with Gasteiger partial charge in [0.05, 0.1) is 0 Å². The van der Waals surface area contributed by atoms with Crippen LogP contribution in [0.25, 0.3) is 0 Å². The first-order valence-electron chi connectivity index (χ1n) is 6.39. The van der Waals surface area contributed by atoms with E-state index in [1.165, 1.54) is 24.2 Å². The van der Waals surface area contributed by atoms with Crippen molar-refractivity contribution in [2.24, 2.45) is 5.92 Å². The lowest BCUT2D eigenvalue weighted by Gasteiger charge is -2.15. The number of thiazole rings is 1. The largest absolute Gasteiger partial charge is 0.382 e. The zero-order valence-corrected chi connectivity index (χ0v) is 11.7. The van der Waals surface area contributed by atoms with Gasteiger partial charge in [-0.25, -0.2) is 4.98 Å². The highest BCUT2D eigenvalue weighted by Gasteiger charge is 2.28. The van der Waals surface area contributed by atoms with E-state index in [9.17, 15) is 4.79 Å². The van der Waals surface area contributed by atoms with Crippen LogP contribution >= 0.6 is 11.3 Å². The second-order valence-electron chi connectivity index (χ2n) is 4.68. The average molecular weight is 268 g/mol. The van der Waals surface area contributed by atoms with E-state index in [0.29, 0.717) is 21.7 Å². The molecule has 1 atom stereocenters. The van der Waals surface area contributed by atoms with Crippen LogP contribution in [0.1, 0.15) is 35.9 Å². The van der Waals surface area contributed by atoms with Crippen molar-refractivity contribution in [2.75, 3.05) is 31.2 Å². The molecule has 5 nitrogen and oxygen atoms in total. The number of hydrogen-bond acceptors (Lipinski definition) is 5. The molecular weight excluding hydrogens is 248 g/mol. The molecule has 6 heteroatoms. The van der Waals surface area contributed by atoms with Crippen LogP contribution in [-0.4, -0.2) is 35.9 Å². The molecule has 1 aliphatic rings. The maximum atomic E-state index is 12.3. The van der Waals surface area contributed by atoms with Gasteiger partial charge in [0.1, 0.15) is 10.7 Å². The third-order valence-electron chi connectivity index (χ3n) is 3.33. The quantitative estimate of drug-likeness (QED) is 0.876. The summed E-state index contributed by atoms with van der Waals surface area (Å²) in [6.07, 6.45) is 3.49. The summed E-state index contributed by atoms with van der Waals surface area (Å²) in [4.78, 5) is 18.9. The summed E-state index contributed by atoms with van der Waals surface area (Å²) in [7, 11) is 1.78. The molecule has 0 radical (unpaired) electrons. The first kappa shape index (κ1) is 13.1. The number of rotatable bonds is 4. The number of likely N-dealkylation sites (tertiary alicyclic amines) is 1. The molecule has 2 rings (SSSR count). The van der Waals surface area contributed by atoms with Gasteiger partial charge in [0.25, 0.3) is 5.91 Å². The maximum absolute atomic E-state index is 12.3. The number of amides is 1. The van der Waals surface area contributed by atoms with Crippen molar-refractivity contribution in [3.63, 3.8) is 0 Å². The van der Waals surface area contributed by atoms with Crippen molar-refractivity contribution < 1.29 is 4.79 Å². The number of nitrogens with two attached hydrogens (primary N) is 1. The van der Waals surface area contributed by atoms with Gasteiger partial charge in [0, 0.05) is 20.1 Å². The van der Waals surface area contributed by atoms with Crippen molar-refractivity contribution in [1.29, 1.82) is 0 Å². The fraction of sp³-hybridized carbons (Fsp3) is 0.667. The molecule has 0 aromatic carbocycles. The van der Waals surface area contributed by atoms with Crippen LogP contribution in [0.5, 0.6) is 0 Å². The number of nitrogens with zero attached hydrogens (tertiary/aromatic N) is 2. The zero-order valence-electron chi connectivity index (χ0n) is 10.9. The van der Waals surface area contributed by atoms with Crippen LogP contribution in [-0.2, 0) is 0 Å². The third-order valence-corrected chi connectivity index (χ3v) is 4.41. The molecule has 0 saturated carbocycles. The van der Waals surface area contributed by atoms with E-state index in [4.69, 9.17) is 5.73 Å². The van der Waals surface area contributed by atoms with Crippen LogP contribution in [0.4, 0.5) is 10.9 Å². The minimum absolute atomic E-state index is 0.0325. The van der Waals surface area contributed by atoms with Gasteiger partial charge in [0.15, 0.2) is 5.13 Å². The number of anilines is 2. The summed E-state index contributed by atoms with van der Waals surface area (Å²) in [6.45, 7) is 3.89. The molecule has 18 heavy (non-hydrogen) atoms. The zero-order chi connectivity index (χ0) is 13.1. The number of aromatic nitrogens is 1. The van der Waals surface area contributed by atoms with E-state index in [-0.39, 0.29) is 5.91 Å². The molecule has 0 aliphatic carbocycles. The number of carbonyl (C=O) groups is 1. The summed E-state index contributed by atoms with van der Waals surface area (Å²) in [5.74, 6) is 1.02. The second kappa shape index (κ2) is 5.56. The van der Waals surface area contributed by atoms with Gasteiger partial charge in [-0.1, -0.05) is 24.7 Å². The van der Waals surface area contributed by atoms with Crippen LogP contribution in [0.3, 0.4) is 0 Å². The highest BCUT2D eigenvalue weighted by atomic mass is 32.1. The minimum Gasteiger partial charge on any atom is -0.382 e. The Bertz CT molecular complexity index is 432.